The third kappa shape index (κ3) is 4.84. The van der Waals surface area contributed by atoms with Gasteiger partial charge in [0.15, 0.2) is 17.3 Å². The van der Waals surface area contributed by atoms with Crippen molar-refractivity contribution in [3.8, 4) is 11.5 Å². The summed E-state index contributed by atoms with van der Waals surface area (Å²) in [5, 5.41) is 0. The molecule has 0 bridgehead atoms. The van der Waals surface area contributed by atoms with Gasteiger partial charge in [-0.05, 0) is 55.0 Å². The van der Waals surface area contributed by atoms with Crippen molar-refractivity contribution < 1.29 is 23.0 Å². The van der Waals surface area contributed by atoms with Gasteiger partial charge in [-0.25, -0.2) is 8.78 Å². The molecule has 28 heavy (non-hydrogen) atoms. The number of allylic oxidation sites excluding steroid dienone is 1. The van der Waals surface area contributed by atoms with Crippen LogP contribution in [-0.4, -0.2) is 12.9 Å². The van der Waals surface area contributed by atoms with Gasteiger partial charge in [-0.1, -0.05) is 12.1 Å². The third-order valence-electron chi connectivity index (χ3n) is 3.99. The predicted molar refractivity (Wildman–Crippen MR) is 106 cm³/mol. The number of ketones is 1. The van der Waals surface area contributed by atoms with Crippen molar-refractivity contribution in [1.82, 2.24) is 0 Å². The van der Waals surface area contributed by atoms with E-state index in [1.165, 1.54) is 30.6 Å². The number of halogens is 2. The van der Waals surface area contributed by atoms with E-state index in [2.05, 4.69) is 0 Å². The average Bonchev–Trinajstić information content (AvgIpc) is 3.12. The van der Waals surface area contributed by atoms with Gasteiger partial charge in [-0.2, -0.15) is 0 Å². The van der Waals surface area contributed by atoms with Crippen LogP contribution in [0.5, 0.6) is 11.5 Å². The van der Waals surface area contributed by atoms with E-state index in [9.17, 15) is 13.6 Å². The summed E-state index contributed by atoms with van der Waals surface area (Å²) in [4.78, 5) is 14.0. The van der Waals surface area contributed by atoms with Crippen LogP contribution < -0.4 is 9.47 Å². The Labute approximate surface area is 165 Å². The van der Waals surface area contributed by atoms with Gasteiger partial charge in [0.1, 0.15) is 18.2 Å². The summed E-state index contributed by atoms with van der Waals surface area (Å²) >= 11 is 1.45. The molecule has 0 saturated heterocycles. The number of methoxy groups -OCH3 is 1. The van der Waals surface area contributed by atoms with E-state index in [1.807, 2.05) is 19.1 Å². The maximum absolute atomic E-state index is 13.7. The molecule has 144 valence electrons. The zero-order chi connectivity index (χ0) is 20.1. The van der Waals surface area contributed by atoms with Crippen LogP contribution in [0.15, 0.2) is 54.6 Å². The zero-order valence-electron chi connectivity index (χ0n) is 15.4. The van der Waals surface area contributed by atoms with Crippen LogP contribution in [0.4, 0.5) is 8.78 Å². The molecule has 0 aliphatic carbocycles. The molecule has 0 amide bonds. The minimum absolute atomic E-state index is 0.0332. The molecule has 6 heteroatoms. The molecular formula is C22H18F2O3S. The number of carbonyl (C=O) groups excluding carboxylic acids is 1. The second-order valence-electron chi connectivity index (χ2n) is 6.04. The van der Waals surface area contributed by atoms with Gasteiger partial charge in [0, 0.05) is 16.5 Å². The Morgan fingerprint density at radius 1 is 1.07 bits per heavy atom. The van der Waals surface area contributed by atoms with Gasteiger partial charge in [0.2, 0.25) is 0 Å². The maximum atomic E-state index is 13.7. The number of aryl methyl sites for hydroxylation is 1. The fourth-order valence-corrected chi connectivity index (χ4v) is 3.37. The van der Waals surface area contributed by atoms with E-state index in [1.54, 1.807) is 24.3 Å². The summed E-state index contributed by atoms with van der Waals surface area (Å²) in [5.74, 6) is -0.986. The normalized spacial score (nSPS) is 11.0. The molecule has 1 aromatic heterocycles. The monoisotopic (exact) mass is 400 g/mol. The van der Waals surface area contributed by atoms with E-state index in [0.29, 0.717) is 16.2 Å². The molecule has 0 unspecified atom stereocenters. The van der Waals surface area contributed by atoms with E-state index in [4.69, 9.17) is 9.47 Å². The molecule has 1 heterocycles. The number of carbonyl (C=O) groups is 1. The molecule has 0 N–H and O–H groups in total. The van der Waals surface area contributed by atoms with Gasteiger partial charge < -0.3 is 9.47 Å². The maximum Gasteiger partial charge on any atom is 0.195 e. The summed E-state index contributed by atoms with van der Waals surface area (Å²) in [5.41, 5.74) is 1.45. The molecule has 0 fully saturated rings. The van der Waals surface area contributed by atoms with Gasteiger partial charge in [0.25, 0.3) is 0 Å². The molecule has 3 nitrogen and oxygen atoms in total. The molecule has 0 atom stereocenters. The molecule has 0 aliphatic heterocycles. The highest BCUT2D eigenvalue weighted by Gasteiger charge is 2.09. The van der Waals surface area contributed by atoms with Crippen LogP contribution in [-0.2, 0) is 6.61 Å². The number of benzene rings is 2. The lowest BCUT2D eigenvalue weighted by atomic mass is 10.1. The smallest absolute Gasteiger partial charge is 0.195 e. The van der Waals surface area contributed by atoms with Gasteiger partial charge >= 0.3 is 0 Å². The number of ether oxygens (including phenoxy) is 2. The largest absolute Gasteiger partial charge is 0.496 e. The highest BCUT2D eigenvalue weighted by Crippen LogP contribution is 2.25. The molecule has 3 aromatic rings. The molecule has 3 rings (SSSR count). The van der Waals surface area contributed by atoms with Crippen molar-refractivity contribution in [3.63, 3.8) is 0 Å². The van der Waals surface area contributed by atoms with Crippen LogP contribution >= 0.6 is 11.3 Å². The lowest BCUT2D eigenvalue weighted by Crippen LogP contribution is -2.01. The first-order valence-corrected chi connectivity index (χ1v) is 9.31. The number of thiophene rings is 1. The topological polar surface area (TPSA) is 35.5 Å². The summed E-state index contributed by atoms with van der Waals surface area (Å²) in [6.07, 6.45) is 3.22. The average molecular weight is 400 g/mol. The number of hydrogen-bond donors (Lipinski definition) is 0. The second kappa shape index (κ2) is 8.80. The molecular weight excluding hydrogens is 382 g/mol. The van der Waals surface area contributed by atoms with Crippen molar-refractivity contribution in [2.75, 3.05) is 7.11 Å². The highest BCUT2D eigenvalue weighted by molar-refractivity contribution is 7.14. The van der Waals surface area contributed by atoms with Crippen LogP contribution in [0.3, 0.4) is 0 Å². The first-order chi connectivity index (χ1) is 13.5. The predicted octanol–water partition coefficient (Wildman–Crippen LogP) is 5.82. The van der Waals surface area contributed by atoms with Gasteiger partial charge in [0.05, 0.1) is 12.0 Å². The van der Waals surface area contributed by atoms with Crippen molar-refractivity contribution in [3.05, 3.63) is 87.1 Å². The van der Waals surface area contributed by atoms with E-state index < -0.39 is 11.6 Å². The Balaban J connectivity index is 1.75. The van der Waals surface area contributed by atoms with E-state index in [-0.39, 0.29) is 18.1 Å². The first-order valence-electron chi connectivity index (χ1n) is 8.50. The molecule has 0 aliphatic rings. The molecule has 2 aromatic carbocycles. The minimum atomic E-state index is -0.771. The van der Waals surface area contributed by atoms with Gasteiger partial charge in [-0.15, -0.1) is 11.3 Å². The molecule has 0 saturated carbocycles. The lowest BCUT2D eigenvalue weighted by molar-refractivity contribution is 0.105. The van der Waals surface area contributed by atoms with Crippen LogP contribution in [0.1, 0.15) is 25.7 Å². The van der Waals surface area contributed by atoms with Crippen LogP contribution in [0, 0.1) is 18.6 Å². The quantitative estimate of drug-likeness (QED) is 0.370. The van der Waals surface area contributed by atoms with Crippen LogP contribution in [0.2, 0.25) is 0 Å². The Hall–Kier alpha value is -2.99. The summed E-state index contributed by atoms with van der Waals surface area (Å²) in [6.45, 7) is 1.98. The fraction of sp³-hybridized carbons (Fsp3) is 0.136. The zero-order valence-corrected chi connectivity index (χ0v) is 16.2. The van der Waals surface area contributed by atoms with Crippen molar-refractivity contribution in [2.45, 2.75) is 13.5 Å². The number of hydrogen-bond acceptors (Lipinski definition) is 4. The molecule has 0 radical (unpaired) electrons. The summed E-state index contributed by atoms with van der Waals surface area (Å²) in [7, 11) is 1.52. The SMILES string of the molecule is COc1ccc(/C=C/C(=O)c2ccc(C)s2)cc1COc1ccc(F)cc1F. The van der Waals surface area contributed by atoms with E-state index in [0.717, 1.165) is 22.6 Å². The second-order valence-corrected chi connectivity index (χ2v) is 7.33. The minimum Gasteiger partial charge on any atom is -0.496 e. The lowest BCUT2D eigenvalue weighted by Gasteiger charge is -2.12. The number of rotatable bonds is 7. The first kappa shape index (κ1) is 19.8. The molecule has 0 spiro atoms. The Morgan fingerprint density at radius 3 is 2.54 bits per heavy atom. The van der Waals surface area contributed by atoms with Crippen molar-refractivity contribution >= 4 is 23.2 Å². The van der Waals surface area contributed by atoms with Crippen LogP contribution in [0.25, 0.3) is 6.08 Å². The Kier molecular flexibility index (Phi) is 6.21. The summed E-state index contributed by atoms with van der Waals surface area (Å²) in [6, 6.07) is 12.2. The Bertz CT molecular complexity index is 1020. The standard InChI is InChI=1S/C22H18F2O3S/c1-14-3-10-22(28-14)19(25)7-4-15-5-8-20(26-2)16(11-15)13-27-21-9-6-17(23)12-18(21)24/h3-12H,13H2,1-2H3/b7-4+. The Morgan fingerprint density at radius 2 is 1.86 bits per heavy atom. The summed E-state index contributed by atoms with van der Waals surface area (Å²) < 4.78 is 37.5. The third-order valence-corrected chi connectivity index (χ3v) is 5.01. The van der Waals surface area contributed by atoms with Gasteiger partial charge in [-0.3, -0.25) is 4.79 Å². The fourth-order valence-electron chi connectivity index (χ4n) is 2.58. The van der Waals surface area contributed by atoms with E-state index >= 15 is 0 Å². The van der Waals surface area contributed by atoms with Crippen molar-refractivity contribution in [2.24, 2.45) is 0 Å². The highest BCUT2D eigenvalue weighted by atomic mass is 32.1. The van der Waals surface area contributed by atoms with Crippen molar-refractivity contribution in [1.29, 1.82) is 0 Å².